The van der Waals surface area contributed by atoms with Crippen LogP contribution in [0.5, 0.6) is 0 Å². The topological polar surface area (TPSA) is 142 Å². The molecule has 0 bridgehead atoms. The number of alkyl carbamates (subject to hydrolysis) is 1. The Kier molecular flexibility index (Phi) is 8.48. The van der Waals surface area contributed by atoms with Gasteiger partial charge in [0.25, 0.3) is 0 Å². The lowest BCUT2D eigenvalue weighted by Crippen LogP contribution is -2.68. The maximum atomic E-state index is 13.1. The summed E-state index contributed by atoms with van der Waals surface area (Å²) in [7, 11) is 0. The summed E-state index contributed by atoms with van der Waals surface area (Å²) < 4.78 is 5.20. The standard InChI is InChI=1S/C19H34N2O7/c1-11(2)9-12(14(24)25)20-15(26)19(10-13(22)23,17(3,4)5)21-16(27)28-18(6,7)8/h11-12H,9-10H2,1-8H3,(H,20,26)(H,21,27)(H,22,23)(H,24,25)/t12-,19-/m0/s1. The van der Waals surface area contributed by atoms with Crippen molar-refractivity contribution in [1.82, 2.24) is 10.6 Å². The minimum atomic E-state index is -1.92. The van der Waals surface area contributed by atoms with E-state index in [0.29, 0.717) is 0 Å². The number of aliphatic carboxylic acids is 2. The normalized spacial score (nSPS) is 15.3. The molecule has 162 valence electrons. The number of rotatable bonds is 8. The molecule has 0 spiro atoms. The molecule has 0 rings (SSSR count). The van der Waals surface area contributed by atoms with E-state index in [0.717, 1.165) is 0 Å². The molecule has 2 atom stereocenters. The number of hydrogen-bond acceptors (Lipinski definition) is 5. The van der Waals surface area contributed by atoms with E-state index in [1.807, 2.05) is 0 Å². The van der Waals surface area contributed by atoms with Crippen molar-refractivity contribution in [1.29, 1.82) is 0 Å². The summed E-state index contributed by atoms with van der Waals surface area (Å²) >= 11 is 0. The van der Waals surface area contributed by atoms with Crippen molar-refractivity contribution in [2.24, 2.45) is 11.3 Å². The smallest absolute Gasteiger partial charge is 0.408 e. The maximum Gasteiger partial charge on any atom is 0.408 e. The van der Waals surface area contributed by atoms with Gasteiger partial charge in [-0.15, -0.1) is 0 Å². The summed E-state index contributed by atoms with van der Waals surface area (Å²) in [6, 6.07) is -1.22. The van der Waals surface area contributed by atoms with E-state index in [-0.39, 0.29) is 12.3 Å². The minimum absolute atomic E-state index is 0.0243. The summed E-state index contributed by atoms with van der Waals surface area (Å²) in [5.74, 6) is -3.47. The van der Waals surface area contributed by atoms with Gasteiger partial charge in [-0.2, -0.15) is 0 Å². The molecule has 4 N–H and O–H groups in total. The van der Waals surface area contributed by atoms with Gasteiger partial charge in [-0.3, -0.25) is 9.59 Å². The number of carboxylic acid groups (broad SMARTS) is 2. The Balaban J connectivity index is 6.04. The van der Waals surface area contributed by atoms with Crippen molar-refractivity contribution >= 4 is 23.9 Å². The fraction of sp³-hybridized carbons (Fsp3) is 0.789. The largest absolute Gasteiger partial charge is 0.481 e. The van der Waals surface area contributed by atoms with Gasteiger partial charge in [-0.25, -0.2) is 9.59 Å². The first-order valence-corrected chi connectivity index (χ1v) is 9.18. The average Bonchev–Trinajstić information content (AvgIpc) is 2.40. The molecule has 9 nitrogen and oxygen atoms in total. The zero-order valence-corrected chi connectivity index (χ0v) is 18.0. The maximum absolute atomic E-state index is 13.1. The summed E-state index contributed by atoms with van der Waals surface area (Å²) in [5, 5.41) is 23.6. The van der Waals surface area contributed by atoms with Crippen molar-refractivity contribution in [3.63, 3.8) is 0 Å². The third kappa shape index (κ3) is 7.74. The van der Waals surface area contributed by atoms with Gasteiger partial charge in [-0.1, -0.05) is 34.6 Å². The molecule has 0 fully saturated rings. The molecule has 0 saturated carbocycles. The number of carboxylic acids is 2. The van der Waals surface area contributed by atoms with Crippen molar-refractivity contribution < 1.29 is 34.1 Å². The Bertz CT molecular complexity index is 602. The summed E-state index contributed by atoms with van der Waals surface area (Å²) in [5.41, 5.74) is -3.85. The number of ether oxygens (including phenoxy) is 1. The zero-order chi connectivity index (χ0) is 22.5. The van der Waals surface area contributed by atoms with Crippen LogP contribution in [0.4, 0.5) is 4.79 Å². The van der Waals surface area contributed by atoms with Crippen LogP contribution in [-0.2, 0) is 19.1 Å². The molecule has 0 aliphatic carbocycles. The van der Waals surface area contributed by atoms with Crippen LogP contribution in [0, 0.1) is 11.3 Å². The molecule has 0 unspecified atom stereocenters. The molecule has 0 heterocycles. The fourth-order valence-electron chi connectivity index (χ4n) is 2.65. The minimum Gasteiger partial charge on any atom is -0.481 e. The Hall–Kier alpha value is -2.32. The number of carbonyl (C=O) groups excluding carboxylic acids is 2. The van der Waals surface area contributed by atoms with E-state index in [1.165, 1.54) is 0 Å². The zero-order valence-electron chi connectivity index (χ0n) is 18.0. The van der Waals surface area contributed by atoms with Crippen LogP contribution in [0.15, 0.2) is 0 Å². The molecule has 28 heavy (non-hydrogen) atoms. The third-order valence-electron chi connectivity index (χ3n) is 4.11. The van der Waals surface area contributed by atoms with E-state index in [1.54, 1.807) is 55.4 Å². The second kappa shape index (κ2) is 9.25. The summed E-state index contributed by atoms with van der Waals surface area (Å²) in [6.45, 7) is 13.3. The van der Waals surface area contributed by atoms with Gasteiger partial charge in [0, 0.05) is 0 Å². The first kappa shape index (κ1) is 25.7. The van der Waals surface area contributed by atoms with Crippen LogP contribution in [0.25, 0.3) is 0 Å². The highest BCUT2D eigenvalue weighted by Crippen LogP contribution is 2.34. The molecular weight excluding hydrogens is 368 g/mol. The lowest BCUT2D eigenvalue weighted by Gasteiger charge is -2.43. The van der Waals surface area contributed by atoms with E-state index in [2.05, 4.69) is 10.6 Å². The summed E-state index contributed by atoms with van der Waals surface area (Å²) in [6.07, 6.45) is -1.55. The number of carbonyl (C=O) groups is 4. The molecule has 0 aromatic rings. The molecular formula is C19H34N2O7. The average molecular weight is 402 g/mol. The molecule has 0 aromatic carbocycles. The second-order valence-electron chi connectivity index (χ2n) is 9.35. The highest BCUT2D eigenvalue weighted by molar-refractivity contribution is 5.96. The molecule has 0 aliphatic rings. The highest BCUT2D eigenvalue weighted by atomic mass is 16.6. The molecule has 0 saturated heterocycles. The van der Waals surface area contributed by atoms with E-state index in [4.69, 9.17) is 4.74 Å². The van der Waals surface area contributed by atoms with Gasteiger partial charge in [0.2, 0.25) is 5.91 Å². The van der Waals surface area contributed by atoms with Crippen molar-refractivity contribution in [2.75, 3.05) is 0 Å². The SMILES string of the molecule is CC(C)C[C@H](NC(=O)[C@](CC(=O)O)(NC(=O)OC(C)(C)C)C(C)(C)C)C(=O)O. The number of amides is 2. The van der Waals surface area contributed by atoms with Gasteiger partial charge < -0.3 is 25.6 Å². The summed E-state index contributed by atoms with van der Waals surface area (Å²) in [4.78, 5) is 48.6. The highest BCUT2D eigenvalue weighted by Gasteiger charge is 2.52. The molecule has 9 heteroatoms. The van der Waals surface area contributed by atoms with E-state index >= 15 is 0 Å². The quantitative estimate of drug-likeness (QED) is 0.488. The molecule has 0 aliphatic heterocycles. The van der Waals surface area contributed by atoms with Crippen LogP contribution >= 0.6 is 0 Å². The van der Waals surface area contributed by atoms with Gasteiger partial charge >= 0.3 is 18.0 Å². The molecule has 2 amide bonds. The monoisotopic (exact) mass is 402 g/mol. The lowest BCUT2D eigenvalue weighted by atomic mass is 9.70. The first-order chi connectivity index (χ1) is 12.4. The van der Waals surface area contributed by atoms with Crippen LogP contribution < -0.4 is 10.6 Å². The van der Waals surface area contributed by atoms with E-state index < -0.39 is 53.0 Å². The van der Waals surface area contributed by atoms with Gasteiger partial charge in [0.15, 0.2) is 0 Å². The van der Waals surface area contributed by atoms with Crippen molar-refractivity contribution in [3.8, 4) is 0 Å². The molecule has 0 radical (unpaired) electrons. The van der Waals surface area contributed by atoms with Gasteiger partial charge in [-0.05, 0) is 38.5 Å². The Morgan fingerprint density at radius 3 is 1.79 bits per heavy atom. The third-order valence-corrected chi connectivity index (χ3v) is 4.11. The second-order valence-corrected chi connectivity index (χ2v) is 9.35. The fourth-order valence-corrected chi connectivity index (χ4v) is 2.65. The van der Waals surface area contributed by atoms with Crippen LogP contribution in [0.2, 0.25) is 0 Å². The predicted octanol–water partition coefficient (Wildman–Crippen LogP) is 2.39. The van der Waals surface area contributed by atoms with Gasteiger partial charge in [0.1, 0.15) is 17.2 Å². The van der Waals surface area contributed by atoms with Crippen molar-refractivity contribution in [2.45, 2.75) is 85.4 Å². The van der Waals surface area contributed by atoms with Crippen LogP contribution in [-0.4, -0.2) is 51.3 Å². The Morgan fingerprint density at radius 1 is 0.964 bits per heavy atom. The number of nitrogens with one attached hydrogen (secondary N) is 2. The predicted molar refractivity (Wildman–Crippen MR) is 103 cm³/mol. The lowest BCUT2D eigenvalue weighted by molar-refractivity contribution is -0.148. The number of hydrogen-bond donors (Lipinski definition) is 4. The van der Waals surface area contributed by atoms with Gasteiger partial charge in [0.05, 0.1) is 6.42 Å². The van der Waals surface area contributed by atoms with Crippen LogP contribution in [0.1, 0.15) is 68.2 Å². The first-order valence-electron chi connectivity index (χ1n) is 9.18. The molecule has 0 aromatic heterocycles. The Morgan fingerprint density at radius 2 is 1.46 bits per heavy atom. The Labute approximate surface area is 166 Å². The van der Waals surface area contributed by atoms with E-state index in [9.17, 15) is 29.4 Å². The van der Waals surface area contributed by atoms with Crippen LogP contribution in [0.3, 0.4) is 0 Å². The van der Waals surface area contributed by atoms with Crippen molar-refractivity contribution in [3.05, 3.63) is 0 Å².